The molecular formula is C26H20Cl5N3O2. The Morgan fingerprint density at radius 1 is 0.889 bits per heavy atom. The van der Waals surface area contributed by atoms with Gasteiger partial charge in [0.15, 0.2) is 0 Å². The Morgan fingerprint density at radius 3 is 2.33 bits per heavy atom. The van der Waals surface area contributed by atoms with E-state index in [1.165, 1.54) is 6.07 Å². The number of benzene rings is 3. The number of nitrogens with one attached hydrogen (secondary N) is 3. The van der Waals surface area contributed by atoms with Crippen LogP contribution in [0.2, 0.25) is 15.1 Å². The zero-order valence-corrected chi connectivity index (χ0v) is 22.5. The lowest BCUT2D eigenvalue weighted by Gasteiger charge is -2.19. The quantitative estimate of drug-likeness (QED) is 0.269. The SMILES string of the molecule is O=C(Nc1ccc2c(c1)CCCN2)c1cc(NC(=O)[C@H]2[C@H](c3cc(Cl)cc(Cl)c3)C2(Cl)Cl)ccc1Cl. The molecule has 0 bridgehead atoms. The molecular weight excluding hydrogens is 564 g/mol. The second kappa shape index (κ2) is 9.96. The summed E-state index contributed by atoms with van der Waals surface area (Å²) in [5.41, 5.74) is 4.19. The molecule has 5 nitrogen and oxygen atoms in total. The monoisotopic (exact) mass is 581 g/mol. The van der Waals surface area contributed by atoms with Crippen LogP contribution in [0.4, 0.5) is 17.1 Å². The average Bonchev–Trinajstić information content (AvgIpc) is 3.41. The van der Waals surface area contributed by atoms with Crippen molar-refractivity contribution in [2.24, 2.45) is 5.92 Å². The van der Waals surface area contributed by atoms with Crippen molar-refractivity contribution in [3.8, 4) is 0 Å². The van der Waals surface area contributed by atoms with E-state index in [1.807, 2.05) is 18.2 Å². The number of anilines is 3. The van der Waals surface area contributed by atoms with Gasteiger partial charge in [0.05, 0.1) is 16.5 Å². The van der Waals surface area contributed by atoms with Crippen molar-refractivity contribution in [1.29, 1.82) is 0 Å². The summed E-state index contributed by atoms with van der Waals surface area (Å²) in [5, 5.41) is 10.1. The lowest BCUT2D eigenvalue weighted by atomic mass is 10.0. The van der Waals surface area contributed by atoms with E-state index >= 15 is 0 Å². The van der Waals surface area contributed by atoms with Crippen LogP contribution < -0.4 is 16.0 Å². The van der Waals surface area contributed by atoms with Crippen LogP contribution in [0, 0.1) is 5.92 Å². The third kappa shape index (κ3) is 5.13. The Balaban J connectivity index is 1.31. The molecule has 3 aromatic rings. The molecule has 36 heavy (non-hydrogen) atoms. The molecule has 3 aromatic carbocycles. The van der Waals surface area contributed by atoms with Crippen molar-refractivity contribution in [2.75, 3.05) is 22.5 Å². The van der Waals surface area contributed by atoms with Crippen LogP contribution in [0.5, 0.6) is 0 Å². The molecule has 3 N–H and O–H groups in total. The van der Waals surface area contributed by atoms with Gasteiger partial charge in [0.1, 0.15) is 4.33 Å². The number of amides is 2. The lowest BCUT2D eigenvalue weighted by molar-refractivity contribution is -0.117. The number of aryl methyl sites for hydroxylation is 1. The Labute approximate surface area is 233 Å². The van der Waals surface area contributed by atoms with Crippen LogP contribution in [0.1, 0.15) is 33.8 Å². The normalized spacial score (nSPS) is 19.6. The average molecular weight is 584 g/mol. The van der Waals surface area contributed by atoms with Crippen molar-refractivity contribution in [3.05, 3.63) is 86.4 Å². The highest BCUT2D eigenvalue weighted by Gasteiger charge is 2.67. The molecule has 186 valence electrons. The predicted molar refractivity (Wildman–Crippen MR) is 148 cm³/mol. The first-order valence-electron chi connectivity index (χ1n) is 11.3. The summed E-state index contributed by atoms with van der Waals surface area (Å²) < 4.78 is -1.31. The maximum atomic E-state index is 13.1. The first-order valence-corrected chi connectivity index (χ1v) is 13.1. The van der Waals surface area contributed by atoms with Crippen LogP contribution in [0.3, 0.4) is 0 Å². The second-order valence-electron chi connectivity index (χ2n) is 8.87. The zero-order chi connectivity index (χ0) is 25.6. The maximum absolute atomic E-state index is 13.1. The highest BCUT2D eigenvalue weighted by Crippen LogP contribution is 2.65. The number of hydrogen-bond acceptors (Lipinski definition) is 3. The Hall–Kier alpha value is -2.15. The number of fused-ring (bicyclic) bond motifs is 1. The van der Waals surface area contributed by atoms with Gasteiger partial charge in [0.2, 0.25) is 5.91 Å². The molecule has 0 radical (unpaired) electrons. The summed E-state index contributed by atoms with van der Waals surface area (Å²) in [7, 11) is 0. The van der Waals surface area contributed by atoms with Crippen LogP contribution in [0.25, 0.3) is 0 Å². The molecule has 1 fully saturated rings. The summed E-state index contributed by atoms with van der Waals surface area (Å²) in [6.07, 6.45) is 1.98. The number of hydrogen-bond donors (Lipinski definition) is 3. The molecule has 0 spiro atoms. The minimum absolute atomic E-state index is 0.224. The summed E-state index contributed by atoms with van der Waals surface area (Å²) in [5.74, 6) is -1.99. The van der Waals surface area contributed by atoms with Gasteiger partial charge in [0.25, 0.3) is 5.91 Å². The summed E-state index contributed by atoms with van der Waals surface area (Å²) in [6.45, 7) is 0.940. The fourth-order valence-corrected chi connectivity index (χ4v) is 6.14. The van der Waals surface area contributed by atoms with Crippen LogP contribution in [-0.4, -0.2) is 22.7 Å². The first kappa shape index (κ1) is 25.5. The minimum atomic E-state index is -1.31. The number of alkyl halides is 2. The smallest absolute Gasteiger partial charge is 0.257 e. The van der Waals surface area contributed by atoms with Gasteiger partial charge in [-0.15, -0.1) is 23.2 Å². The lowest BCUT2D eigenvalue weighted by Crippen LogP contribution is -2.18. The third-order valence-corrected chi connectivity index (χ3v) is 8.07. The molecule has 2 atom stereocenters. The van der Waals surface area contributed by atoms with E-state index in [2.05, 4.69) is 16.0 Å². The van der Waals surface area contributed by atoms with Crippen LogP contribution in [-0.2, 0) is 11.2 Å². The van der Waals surface area contributed by atoms with Gasteiger partial charge in [-0.05, 0) is 78.6 Å². The molecule has 0 aromatic heterocycles. The predicted octanol–water partition coefficient (Wildman–Crippen LogP) is 7.78. The van der Waals surface area contributed by atoms with Gasteiger partial charge in [-0.2, -0.15) is 0 Å². The van der Waals surface area contributed by atoms with E-state index in [9.17, 15) is 9.59 Å². The van der Waals surface area contributed by atoms with Gasteiger partial charge in [-0.25, -0.2) is 0 Å². The van der Waals surface area contributed by atoms with E-state index in [1.54, 1.807) is 30.3 Å². The highest BCUT2D eigenvalue weighted by atomic mass is 35.5. The Kier molecular flexibility index (Phi) is 7.05. The van der Waals surface area contributed by atoms with E-state index in [-0.39, 0.29) is 16.5 Å². The van der Waals surface area contributed by atoms with Crippen molar-refractivity contribution in [1.82, 2.24) is 0 Å². The maximum Gasteiger partial charge on any atom is 0.257 e. The molecule has 1 saturated carbocycles. The number of rotatable bonds is 5. The number of halogens is 5. The molecule has 0 saturated heterocycles. The minimum Gasteiger partial charge on any atom is -0.385 e. The molecule has 10 heteroatoms. The number of carbonyl (C=O) groups excluding carboxylic acids is 2. The van der Waals surface area contributed by atoms with Gasteiger partial charge in [0, 0.05) is 39.6 Å². The molecule has 2 aliphatic rings. The highest BCUT2D eigenvalue weighted by molar-refractivity contribution is 6.53. The van der Waals surface area contributed by atoms with Gasteiger partial charge >= 0.3 is 0 Å². The fourth-order valence-electron chi connectivity index (χ4n) is 4.57. The van der Waals surface area contributed by atoms with E-state index < -0.39 is 22.1 Å². The van der Waals surface area contributed by atoms with Crippen molar-refractivity contribution in [3.63, 3.8) is 0 Å². The van der Waals surface area contributed by atoms with Crippen molar-refractivity contribution >= 4 is 86.9 Å². The molecule has 2 amide bonds. The second-order valence-corrected chi connectivity index (χ2v) is 11.6. The third-order valence-electron chi connectivity index (χ3n) is 6.36. The molecule has 0 unspecified atom stereocenters. The Bertz CT molecular complexity index is 1360. The fraction of sp³-hybridized carbons (Fsp3) is 0.231. The molecule has 1 aliphatic carbocycles. The van der Waals surface area contributed by atoms with Crippen molar-refractivity contribution < 1.29 is 9.59 Å². The largest absolute Gasteiger partial charge is 0.385 e. The summed E-state index contributed by atoms with van der Waals surface area (Å²) in [4.78, 5) is 26.1. The van der Waals surface area contributed by atoms with Gasteiger partial charge in [-0.1, -0.05) is 34.8 Å². The number of carbonyl (C=O) groups is 2. The summed E-state index contributed by atoms with van der Waals surface area (Å²) >= 11 is 31.4. The first-order chi connectivity index (χ1) is 17.1. The van der Waals surface area contributed by atoms with Crippen LogP contribution in [0.15, 0.2) is 54.6 Å². The van der Waals surface area contributed by atoms with E-state index in [4.69, 9.17) is 58.0 Å². The standard InChI is InChI=1S/C26H20Cl5N3O2/c27-15-8-14(9-16(28)11-15)22-23(26(22,30)31)25(36)34-18-3-5-20(29)19(12-18)24(35)33-17-4-6-21-13(10-17)2-1-7-32-21/h3-6,8-12,22-23,32H,1-2,7H2,(H,33,35)(H,34,36)/t22-,23+/m0/s1. The molecule has 1 aliphatic heterocycles. The van der Waals surface area contributed by atoms with Crippen molar-refractivity contribution in [2.45, 2.75) is 23.1 Å². The zero-order valence-electron chi connectivity index (χ0n) is 18.7. The van der Waals surface area contributed by atoms with E-state index in [0.29, 0.717) is 27.0 Å². The molecule has 1 heterocycles. The van der Waals surface area contributed by atoms with E-state index in [0.717, 1.165) is 30.6 Å². The Morgan fingerprint density at radius 2 is 1.58 bits per heavy atom. The van der Waals surface area contributed by atoms with Gasteiger partial charge < -0.3 is 16.0 Å². The van der Waals surface area contributed by atoms with Crippen LogP contribution >= 0.6 is 58.0 Å². The topological polar surface area (TPSA) is 70.2 Å². The van der Waals surface area contributed by atoms with Gasteiger partial charge in [-0.3, -0.25) is 9.59 Å². The molecule has 5 rings (SSSR count). The summed E-state index contributed by atoms with van der Waals surface area (Å²) in [6, 6.07) is 15.4.